The molecule has 7 nitrogen and oxygen atoms in total. The Kier molecular flexibility index (Phi) is 5.54. The van der Waals surface area contributed by atoms with Gasteiger partial charge in [0.1, 0.15) is 5.69 Å². The number of hydrogen-bond acceptors (Lipinski definition) is 4. The molecule has 0 fully saturated rings. The third kappa shape index (κ3) is 5.85. The van der Waals surface area contributed by atoms with Crippen LogP contribution < -0.4 is 10.6 Å². The molecule has 10 heteroatoms. The van der Waals surface area contributed by atoms with Crippen molar-refractivity contribution in [2.24, 2.45) is 4.99 Å². The minimum atomic E-state index is -4.57. The van der Waals surface area contributed by atoms with Crippen LogP contribution in [0.5, 0.6) is 0 Å². The number of anilines is 1. The van der Waals surface area contributed by atoms with Gasteiger partial charge in [-0.3, -0.25) is 15.2 Å². The zero-order valence-electron chi connectivity index (χ0n) is 14.8. The van der Waals surface area contributed by atoms with Gasteiger partial charge >= 0.3 is 6.18 Å². The van der Waals surface area contributed by atoms with E-state index in [1.807, 2.05) is 11.2 Å². The number of nitriles is 1. The standard InChI is InChI=1S/C17H17F3N6O/c1-16(2,3)24-15(22-13-8-12(25-26-13)17(18,19)20)23-14(27)11-6-4-10(9-21)5-7-11/h4-8H,1-3H3,(H3,22,23,24,25,26,27). The summed E-state index contributed by atoms with van der Waals surface area (Å²) in [6.45, 7) is 5.27. The van der Waals surface area contributed by atoms with Crippen molar-refractivity contribution in [3.05, 3.63) is 47.2 Å². The molecule has 1 heterocycles. The van der Waals surface area contributed by atoms with E-state index in [2.05, 4.69) is 20.7 Å². The molecule has 0 unspecified atom stereocenters. The third-order valence-electron chi connectivity index (χ3n) is 3.09. The summed E-state index contributed by atoms with van der Waals surface area (Å²) in [6.07, 6.45) is -4.57. The minimum Gasteiger partial charge on any atom is -0.309 e. The Morgan fingerprint density at radius 3 is 2.33 bits per heavy atom. The van der Waals surface area contributed by atoms with Crippen LogP contribution in [0.3, 0.4) is 0 Å². The number of hydrogen-bond donors (Lipinski definition) is 3. The second-order valence-electron chi connectivity index (χ2n) is 6.56. The third-order valence-corrected chi connectivity index (χ3v) is 3.09. The topological polar surface area (TPSA) is 106 Å². The molecule has 0 saturated heterocycles. The smallest absolute Gasteiger partial charge is 0.309 e. The number of aromatic nitrogens is 2. The molecule has 0 saturated carbocycles. The summed E-state index contributed by atoms with van der Waals surface area (Å²) in [5, 5.41) is 19.3. The van der Waals surface area contributed by atoms with Gasteiger partial charge in [0.15, 0.2) is 5.82 Å². The number of H-pyrrole nitrogens is 1. The van der Waals surface area contributed by atoms with Gasteiger partial charge in [-0.2, -0.15) is 23.5 Å². The normalized spacial score (nSPS) is 12.4. The van der Waals surface area contributed by atoms with Gasteiger partial charge in [-0.05, 0) is 45.0 Å². The Labute approximate surface area is 153 Å². The Bertz CT molecular complexity index is 885. The monoisotopic (exact) mass is 378 g/mol. The first kappa shape index (κ1) is 20.0. The number of alkyl halides is 3. The van der Waals surface area contributed by atoms with E-state index < -0.39 is 23.3 Å². The van der Waals surface area contributed by atoms with Crippen LogP contribution in [-0.2, 0) is 6.18 Å². The molecular weight excluding hydrogens is 361 g/mol. The first-order valence-electron chi connectivity index (χ1n) is 7.79. The van der Waals surface area contributed by atoms with E-state index in [0.29, 0.717) is 5.56 Å². The summed E-state index contributed by atoms with van der Waals surface area (Å²) in [5.41, 5.74) is -0.998. The summed E-state index contributed by atoms with van der Waals surface area (Å²) in [7, 11) is 0. The predicted molar refractivity (Wildman–Crippen MR) is 93.0 cm³/mol. The Balaban J connectivity index is 2.22. The zero-order chi connectivity index (χ0) is 20.2. The van der Waals surface area contributed by atoms with Crippen LogP contribution in [0, 0.1) is 11.3 Å². The van der Waals surface area contributed by atoms with Gasteiger partial charge < -0.3 is 5.32 Å². The number of aliphatic imine (C=N–C) groups is 1. The maximum Gasteiger partial charge on any atom is 0.432 e. The first-order chi connectivity index (χ1) is 12.5. The van der Waals surface area contributed by atoms with Crippen LogP contribution in [0.1, 0.15) is 42.4 Å². The highest BCUT2D eigenvalue weighted by molar-refractivity contribution is 6.09. The van der Waals surface area contributed by atoms with Crippen molar-refractivity contribution in [1.82, 2.24) is 15.5 Å². The fourth-order valence-electron chi connectivity index (χ4n) is 1.95. The summed E-state index contributed by atoms with van der Waals surface area (Å²) in [4.78, 5) is 16.6. The van der Waals surface area contributed by atoms with Crippen molar-refractivity contribution in [2.75, 3.05) is 5.32 Å². The van der Waals surface area contributed by atoms with Crippen LogP contribution in [0.4, 0.5) is 19.0 Å². The highest BCUT2D eigenvalue weighted by Gasteiger charge is 2.33. The lowest BCUT2D eigenvalue weighted by atomic mass is 10.1. The SMILES string of the molecule is CC(C)(C)N=C(NC(=O)c1ccc(C#N)cc1)Nc1cc(C(F)(F)F)[nH]n1. The van der Waals surface area contributed by atoms with E-state index in [-0.39, 0.29) is 17.3 Å². The number of nitrogens with one attached hydrogen (secondary N) is 3. The van der Waals surface area contributed by atoms with Crippen molar-refractivity contribution in [3.63, 3.8) is 0 Å². The van der Waals surface area contributed by atoms with E-state index in [0.717, 1.165) is 6.07 Å². The number of carbonyl (C=O) groups is 1. The average molecular weight is 378 g/mol. The maximum absolute atomic E-state index is 12.7. The summed E-state index contributed by atoms with van der Waals surface area (Å²) < 4.78 is 38.0. The number of nitrogens with zero attached hydrogens (tertiary/aromatic N) is 3. The molecule has 1 aromatic carbocycles. The Morgan fingerprint density at radius 2 is 1.85 bits per heavy atom. The fraction of sp³-hybridized carbons (Fsp3) is 0.294. The summed E-state index contributed by atoms with van der Waals surface area (Å²) >= 11 is 0. The number of benzene rings is 1. The van der Waals surface area contributed by atoms with E-state index in [1.165, 1.54) is 24.3 Å². The van der Waals surface area contributed by atoms with Crippen LogP contribution in [0.15, 0.2) is 35.3 Å². The molecule has 0 spiro atoms. The van der Waals surface area contributed by atoms with Crippen LogP contribution >= 0.6 is 0 Å². The molecular formula is C17H17F3N6O. The van der Waals surface area contributed by atoms with Gasteiger partial charge in [0.2, 0.25) is 5.96 Å². The molecule has 27 heavy (non-hydrogen) atoms. The van der Waals surface area contributed by atoms with Crippen LogP contribution in [0.2, 0.25) is 0 Å². The molecule has 1 amide bonds. The van der Waals surface area contributed by atoms with Gasteiger partial charge in [-0.15, -0.1) is 0 Å². The molecule has 0 aliphatic rings. The van der Waals surface area contributed by atoms with Crippen LogP contribution in [0.25, 0.3) is 0 Å². The van der Waals surface area contributed by atoms with Crippen molar-refractivity contribution < 1.29 is 18.0 Å². The van der Waals surface area contributed by atoms with Gasteiger partial charge in [0.05, 0.1) is 17.2 Å². The maximum atomic E-state index is 12.7. The minimum absolute atomic E-state index is 0.0583. The van der Waals surface area contributed by atoms with E-state index in [1.54, 1.807) is 20.8 Å². The molecule has 0 bridgehead atoms. The second kappa shape index (κ2) is 7.49. The van der Waals surface area contributed by atoms with E-state index in [4.69, 9.17) is 5.26 Å². The Morgan fingerprint density at radius 1 is 1.22 bits per heavy atom. The van der Waals surface area contributed by atoms with Crippen molar-refractivity contribution in [2.45, 2.75) is 32.5 Å². The number of guanidine groups is 1. The number of aromatic amines is 1. The van der Waals surface area contributed by atoms with E-state index in [9.17, 15) is 18.0 Å². The predicted octanol–water partition coefficient (Wildman–Crippen LogP) is 3.30. The number of amides is 1. The number of halogens is 3. The Hall–Kier alpha value is -3.35. The highest BCUT2D eigenvalue weighted by Crippen LogP contribution is 2.28. The van der Waals surface area contributed by atoms with Crippen LogP contribution in [-0.4, -0.2) is 27.6 Å². The number of rotatable bonds is 2. The zero-order valence-corrected chi connectivity index (χ0v) is 14.8. The lowest BCUT2D eigenvalue weighted by molar-refractivity contribution is -0.141. The van der Waals surface area contributed by atoms with Gasteiger partial charge in [-0.25, -0.2) is 4.99 Å². The van der Waals surface area contributed by atoms with Crippen molar-refractivity contribution in [1.29, 1.82) is 5.26 Å². The quantitative estimate of drug-likeness (QED) is 0.551. The molecule has 0 aliphatic carbocycles. The molecule has 2 rings (SSSR count). The van der Waals surface area contributed by atoms with Gasteiger partial charge in [-0.1, -0.05) is 0 Å². The fourth-order valence-corrected chi connectivity index (χ4v) is 1.95. The molecule has 0 aliphatic heterocycles. The van der Waals surface area contributed by atoms with Crippen molar-refractivity contribution >= 4 is 17.7 Å². The summed E-state index contributed by atoms with van der Waals surface area (Å²) in [5.74, 6) is -0.746. The summed E-state index contributed by atoms with van der Waals surface area (Å²) in [6, 6.07) is 8.58. The molecule has 3 N–H and O–H groups in total. The van der Waals surface area contributed by atoms with Gasteiger partial charge in [0.25, 0.3) is 5.91 Å². The molecule has 1 aromatic heterocycles. The molecule has 0 radical (unpaired) electrons. The number of carbonyl (C=O) groups excluding carboxylic acids is 1. The second-order valence-corrected chi connectivity index (χ2v) is 6.56. The van der Waals surface area contributed by atoms with E-state index >= 15 is 0 Å². The lowest BCUT2D eigenvalue weighted by Gasteiger charge is -2.17. The van der Waals surface area contributed by atoms with Gasteiger partial charge in [0, 0.05) is 11.6 Å². The molecule has 2 aromatic rings. The highest BCUT2D eigenvalue weighted by atomic mass is 19.4. The molecule has 142 valence electrons. The molecule has 0 atom stereocenters. The first-order valence-corrected chi connectivity index (χ1v) is 7.79. The largest absolute Gasteiger partial charge is 0.432 e. The average Bonchev–Trinajstić information content (AvgIpc) is 3.02. The lowest BCUT2D eigenvalue weighted by Crippen LogP contribution is -2.38. The van der Waals surface area contributed by atoms with Crippen molar-refractivity contribution in [3.8, 4) is 6.07 Å².